The molecule has 3 aromatic rings. The Hall–Kier alpha value is -3.01. The third-order valence-electron chi connectivity index (χ3n) is 4.03. The van der Waals surface area contributed by atoms with Crippen molar-refractivity contribution in [2.75, 3.05) is 25.6 Å². The Balaban J connectivity index is 1.74. The molecule has 1 heterocycles. The SMILES string of the molecule is COc1cc2c(Nc3ccc(Cl)c(Cl)c3)ncnc2cc1OC/C=C/SC(=N)COC=O. The van der Waals surface area contributed by atoms with Crippen LogP contribution in [-0.4, -0.2) is 41.8 Å². The Bertz CT molecular complexity index is 1160. The molecule has 32 heavy (non-hydrogen) atoms. The number of hydrogen-bond donors (Lipinski definition) is 2. The van der Waals surface area contributed by atoms with Gasteiger partial charge in [0.25, 0.3) is 6.47 Å². The normalized spacial score (nSPS) is 10.8. The van der Waals surface area contributed by atoms with Crippen LogP contribution in [0, 0.1) is 5.41 Å². The van der Waals surface area contributed by atoms with Crippen molar-refractivity contribution in [1.29, 1.82) is 5.41 Å². The van der Waals surface area contributed by atoms with Crippen LogP contribution in [0.25, 0.3) is 10.9 Å². The zero-order valence-corrected chi connectivity index (χ0v) is 19.1. The van der Waals surface area contributed by atoms with Crippen molar-refractivity contribution in [3.8, 4) is 11.5 Å². The average Bonchev–Trinajstić information content (AvgIpc) is 2.79. The smallest absolute Gasteiger partial charge is 0.293 e. The van der Waals surface area contributed by atoms with Gasteiger partial charge in [-0.05, 0) is 35.7 Å². The van der Waals surface area contributed by atoms with Gasteiger partial charge in [-0.2, -0.15) is 0 Å². The topological polar surface area (TPSA) is 106 Å². The average molecular weight is 493 g/mol. The number of fused-ring (bicyclic) bond motifs is 1. The summed E-state index contributed by atoms with van der Waals surface area (Å²) in [4.78, 5) is 18.8. The quantitative estimate of drug-likeness (QED) is 0.218. The number of carbonyl (C=O) groups is 1. The van der Waals surface area contributed by atoms with Gasteiger partial charge < -0.3 is 19.5 Å². The molecule has 0 radical (unpaired) electrons. The van der Waals surface area contributed by atoms with Crippen molar-refractivity contribution in [2.24, 2.45) is 0 Å². The van der Waals surface area contributed by atoms with Gasteiger partial charge in [0.1, 0.15) is 30.4 Å². The van der Waals surface area contributed by atoms with Gasteiger partial charge in [-0.3, -0.25) is 10.2 Å². The number of nitrogens with zero attached hydrogens (tertiary/aromatic N) is 2. The zero-order valence-electron chi connectivity index (χ0n) is 16.8. The maximum absolute atomic E-state index is 10.1. The zero-order chi connectivity index (χ0) is 22.9. The number of ether oxygens (including phenoxy) is 3. The van der Waals surface area contributed by atoms with Crippen LogP contribution in [0.5, 0.6) is 11.5 Å². The molecular formula is C21H18Cl2N4O4S. The number of benzene rings is 2. The Kier molecular flexibility index (Phi) is 8.55. The Morgan fingerprint density at radius 1 is 1.19 bits per heavy atom. The highest BCUT2D eigenvalue weighted by Gasteiger charge is 2.12. The lowest BCUT2D eigenvalue weighted by molar-refractivity contribution is -0.127. The largest absolute Gasteiger partial charge is 0.493 e. The van der Waals surface area contributed by atoms with Crippen LogP contribution < -0.4 is 14.8 Å². The minimum atomic E-state index is -0.0594. The van der Waals surface area contributed by atoms with Crippen LogP contribution in [0.4, 0.5) is 11.5 Å². The van der Waals surface area contributed by atoms with Gasteiger partial charge >= 0.3 is 0 Å². The highest BCUT2D eigenvalue weighted by atomic mass is 35.5. The summed E-state index contributed by atoms with van der Waals surface area (Å²) in [5.74, 6) is 1.59. The fourth-order valence-corrected chi connectivity index (χ4v) is 3.37. The van der Waals surface area contributed by atoms with E-state index < -0.39 is 0 Å². The number of rotatable bonds is 10. The van der Waals surface area contributed by atoms with Crippen molar-refractivity contribution >= 4 is 68.9 Å². The second-order valence-electron chi connectivity index (χ2n) is 6.13. The second-order valence-corrected chi connectivity index (χ2v) is 7.94. The molecule has 0 aliphatic carbocycles. The number of anilines is 2. The number of aromatic nitrogens is 2. The molecule has 2 N–H and O–H groups in total. The van der Waals surface area contributed by atoms with E-state index in [1.807, 2.05) is 0 Å². The van der Waals surface area contributed by atoms with Crippen molar-refractivity contribution in [2.45, 2.75) is 0 Å². The summed E-state index contributed by atoms with van der Waals surface area (Å²) in [5.41, 5.74) is 1.38. The first-order valence-corrected chi connectivity index (χ1v) is 10.8. The van der Waals surface area contributed by atoms with E-state index in [0.717, 1.165) is 22.8 Å². The van der Waals surface area contributed by atoms with Crippen LogP contribution in [-0.2, 0) is 9.53 Å². The maximum atomic E-state index is 10.1. The predicted octanol–water partition coefficient (Wildman–Crippen LogP) is 5.46. The molecule has 0 fully saturated rings. The molecule has 0 spiro atoms. The Morgan fingerprint density at radius 2 is 2.03 bits per heavy atom. The first kappa shape index (κ1) is 23.6. The number of nitrogens with one attached hydrogen (secondary N) is 2. The fourth-order valence-electron chi connectivity index (χ4n) is 2.60. The lowest BCUT2D eigenvalue weighted by atomic mass is 10.2. The van der Waals surface area contributed by atoms with Gasteiger partial charge in [0.05, 0.1) is 22.7 Å². The minimum absolute atomic E-state index is 0.0594. The molecular weight excluding hydrogens is 475 g/mol. The molecule has 0 aliphatic heterocycles. The fraction of sp³-hybridized carbons (Fsp3) is 0.143. The minimum Gasteiger partial charge on any atom is -0.493 e. The molecule has 3 rings (SSSR count). The molecule has 0 amide bonds. The molecule has 1 aromatic heterocycles. The van der Waals surface area contributed by atoms with Gasteiger partial charge in [-0.25, -0.2) is 9.97 Å². The van der Waals surface area contributed by atoms with Crippen molar-refractivity contribution in [1.82, 2.24) is 9.97 Å². The lowest BCUT2D eigenvalue weighted by Crippen LogP contribution is -2.01. The van der Waals surface area contributed by atoms with E-state index in [9.17, 15) is 4.79 Å². The number of methoxy groups -OCH3 is 1. The summed E-state index contributed by atoms with van der Waals surface area (Å²) in [6.45, 7) is 0.495. The predicted molar refractivity (Wildman–Crippen MR) is 128 cm³/mol. The Labute approximate surface area is 198 Å². The molecule has 166 valence electrons. The first-order chi connectivity index (χ1) is 15.5. The van der Waals surface area contributed by atoms with Gasteiger partial charge in [0.2, 0.25) is 0 Å². The molecule has 0 unspecified atom stereocenters. The summed E-state index contributed by atoms with van der Waals surface area (Å²) in [7, 11) is 1.55. The molecule has 8 nitrogen and oxygen atoms in total. The van der Waals surface area contributed by atoms with E-state index in [0.29, 0.717) is 39.4 Å². The van der Waals surface area contributed by atoms with Crippen LogP contribution >= 0.6 is 35.0 Å². The third kappa shape index (κ3) is 6.25. The first-order valence-electron chi connectivity index (χ1n) is 9.13. The molecule has 0 saturated carbocycles. The maximum Gasteiger partial charge on any atom is 0.293 e. The molecule has 11 heteroatoms. The molecule has 2 aromatic carbocycles. The summed E-state index contributed by atoms with van der Waals surface area (Å²) < 4.78 is 15.8. The van der Waals surface area contributed by atoms with Crippen molar-refractivity contribution < 1.29 is 19.0 Å². The van der Waals surface area contributed by atoms with Gasteiger partial charge in [-0.15, -0.1) is 0 Å². The second kappa shape index (κ2) is 11.6. The van der Waals surface area contributed by atoms with Crippen LogP contribution in [0.3, 0.4) is 0 Å². The molecule has 0 aliphatic rings. The monoisotopic (exact) mass is 492 g/mol. The molecule has 0 bridgehead atoms. The van der Waals surface area contributed by atoms with E-state index in [1.165, 1.54) is 6.33 Å². The summed E-state index contributed by atoms with van der Waals surface area (Å²) in [5, 5.41) is 14.3. The van der Waals surface area contributed by atoms with E-state index in [4.69, 9.17) is 38.1 Å². The summed E-state index contributed by atoms with van der Waals surface area (Å²) in [6.07, 6.45) is 3.18. The van der Waals surface area contributed by atoms with Gasteiger partial charge in [0.15, 0.2) is 11.5 Å². The van der Waals surface area contributed by atoms with Crippen molar-refractivity contribution in [3.63, 3.8) is 0 Å². The van der Waals surface area contributed by atoms with Gasteiger partial charge in [-0.1, -0.05) is 35.0 Å². The van der Waals surface area contributed by atoms with E-state index in [-0.39, 0.29) is 18.3 Å². The van der Waals surface area contributed by atoms with E-state index in [2.05, 4.69) is 20.0 Å². The number of thioether (sulfide) groups is 1. The van der Waals surface area contributed by atoms with Crippen LogP contribution in [0.15, 0.2) is 48.1 Å². The highest BCUT2D eigenvalue weighted by Crippen LogP contribution is 2.35. The number of halogens is 2. The molecule has 0 saturated heterocycles. The summed E-state index contributed by atoms with van der Waals surface area (Å²) >= 11 is 13.2. The van der Waals surface area contributed by atoms with E-state index in [1.54, 1.807) is 48.9 Å². The third-order valence-corrected chi connectivity index (χ3v) is 5.50. The number of carbonyl (C=O) groups excluding carboxylic acids is 1. The Morgan fingerprint density at radius 3 is 2.78 bits per heavy atom. The van der Waals surface area contributed by atoms with Gasteiger partial charge in [0, 0.05) is 17.1 Å². The molecule has 0 atom stereocenters. The highest BCUT2D eigenvalue weighted by molar-refractivity contribution is 8.16. The lowest BCUT2D eigenvalue weighted by Gasteiger charge is -2.13. The van der Waals surface area contributed by atoms with E-state index >= 15 is 0 Å². The standard InChI is InChI=1S/C21H18Cl2N4O4S/c1-29-18-8-14-17(9-19(18)31-5-2-6-32-20(24)10-30-12-28)25-11-26-21(14)27-13-3-4-15(22)16(23)7-13/h2-4,6-9,11-12,24H,5,10H2,1H3,(H,25,26,27)/b6-2+,24-20?. The number of hydrogen-bond acceptors (Lipinski definition) is 9. The van der Waals surface area contributed by atoms with Crippen LogP contribution in [0.2, 0.25) is 10.0 Å². The van der Waals surface area contributed by atoms with Crippen molar-refractivity contribution in [3.05, 3.63) is 58.2 Å². The summed E-state index contributed by atoms with van der Waals surface area (Å²) in [6, 6.07) is 8.75. The van der Waals surface area contributed by atoms with Crippen LogP contribution in [0.1, 0.15) is 0 Å².